The van der Waals surface area contributed by atoms with Gasteiger partial charge in [-0.3, -0.25) is 4.99 Å². The fourth-order valence-corrected chi connectivity index (χ4v) is 6.91. The van der Waals surface area contributed by atoms with Crippen LogP contribution in [0.1, 0.15) is 49.3 Å². The lowest BCUT2D eigenvalue weighted by Gasteiger charge is -2.42. The van der Waals surface area contributed by atoms with Gasteiger partial charge in [0.2, 0.25) is 0 Å². The van der Waals surface area contributed by atoms with Crippen LogP contribution in [0.5, 0.6) is 0 Å². The minimum Gasteiger partial charge on any atom is -0.390 e. The van der Waals surface area contributed by atoms with Crippen molar-refractivity contribution >= 4 is 39.9 Å². The van der Waals surface area contributed by atoms with Gasteiger partial charge in [-0.05, 0) is 68.8 Å². The van der Waals surface area contributed by atoms with Crippen LogP contribution in [-0.4, -0.2) is 67.2 Å². The number of aromatic nitrogens is 3. The Morgan fingerprint density at radius 1 is 1.15 bits per heavy atom. The molecule has 3 heterocycles. The number of aliphatic hydroxyl groups excluding tert-OH is 2. The predicted molar refractivity (Wildman–Crippen MR) is 147 cm³/mol. The molecule has 4 N–H and O–H groups in total. The molecule has 1 aromatic carbocycles. The van der Waals surface area contributed by atoms with Crippen molar-refractivity contribution < 1.29 is 23.4 Å². The van der Waals surface area contributed by atoms with E-state index in [9.17, 15) is 23.4 Å². The van der Waals surface area contributed by atoms with Crippen molar-refractivity contribution in [2.45, 2.75) is 69.0 Å². The summed E-state index contributed by atoms with van der Waals surface area (Å²) >= 11 is 5.85. The molecule has 6 rings (SSSR count). The SMILES string of the molecule is CN(C[C@H]1C[C@@H](n2ccc3c(N)ncnc32)[C@H](O)[C@@H]1O)C1CC(CCC2=Nc3cc(Cl)c(C(F)(F)F)cc3C2)C1. The summed E-state index contributed by atoms with van der Waals surface area (Å²) in [7, 11) is 2.06. The van der Waals surface area contributed by atoms with Crippen LogP contribution in [0.4, 0.5) is 24.7 Å². The first-order chi connectivity index (χ1) is 19.0. The second kappa shape index (κ2) is 10.3. The van der Waals surface area contributed by atoms with Crippen molar-refractivity contribution in [2.75, 3.05) is 19.3 Å². The highest BCUT2D eigenvalue weighted by atomic mass is 35.5. The Balaban J connectivity index is 0.994. The molecule has 3 aromatic rings. The minimum absolute atomic E-state index is 0.0829. The van der Waals surface area contributed by atoms with Crippen LogP contribution < -0.4 is 5.73 Å². The molecule has 2 aromatic heterocycles. The Morgan fingerprint density at radius 2 is 1.93 bits per heavy atom. The number of rotatable bonds is 7. The van der Waals surface area contributed by atoms with Gasteiger partial charge in [-0.15, -0.1) is 0 Å². The quantitative estimate of drug-likeness (QED) is 0.373. The minimum atomic E-state index is -4.48. The van der Waals surface area contributed by atoms with Crippen LogP contribution in [0, 0.1) is 11.8 Å². The number of aliphatic hydroxyl groups is 2. The summed E-state index contributed by atoms with van der Waals surface area (Å²) in [5.41, 5.74) is 7.83. The smallest absolute Gasteiger partial charge is 0.390 e. The highest BCUT2D eigenvalue weighted by Gasteiger charge is 2.44. The van der Waals surface area contributed by atoms with Crippen molar-refractivity contribution in [3.8, 4) is 0 Å². The van der Waals surface area contributed by atoms with Gasteiger partial charge in [0, 0.05) is 36.8 Å². The van der Waals surface area contributed by atoms with E-state index in [1.54, 1.807) is 0 Å². The number of alkyl halides is 3. The summed E-state index contributed by atoms with van der Waals surface area (Å²) in [5, 5.41) is 22.1. The molecule has 1 aliphatic heterocycles. The lowest BCUT2D eigenvalue weighted by Crippen LogP contribution is -2.46. The maximum absolute atomic E-state index is 13.2. The zero-order valence-electron chi connectivity index (χ0n) is 22.0. The van der Waals surface area contributed by atoms with E-state index in [2.05, 4.69) is 26.9 Å². The van der Waals surface area contributed by atoms with Gasteiger partial charge in [0.05, 0.1) is 33.8 Å². The van der Waals surface area contributed by atoms with E-state index in [1.165, 1.54) is 12.4 Å². The van der Waals surface area contributed by atoms with Crippen molar-refractivity contribution in [2.24, 2.45) is 16.8 Å². The molecule has 4 atom stereocenters. The Kier molecular flexibility index (Phi) is 7.05. The average Bonchev–Trinajstić information content (AvgIpc) is 3.54. The van der Waals surface area contributed by atoms with Crippen molar-refractivity contribution in [1.29, 1.82) is 0 Å². The average molecular weight is 577 g/mol. The summed E-state index contributed by atoms with van der Waals surface area (Å²) < 4.78 is 41.4. The van der Waals surface area contributed by atoms with Gasteiger partial charge < -0.3 is 25.4 Å². The third-order valence-corrected chi connectivity index (χ3v) is 9.33. The van der Waals surface area contributed by atoms with E-state index in [0.29, 0.717) is 54.1 Å². The Morgan fingerprint density at radius 3 is 2.67 bits per heavy atom. The molecule has 0 radical (unpaired) electrons. The summed E-state index contributed by atoms with van der Waals surface area (Å²) in [6.07, 6.45) is 1.82. The van der Waals surface area contributed by atoms with Crippen molar-refractivity contribution in [3.63, 3.8) is 0 Å². The molecule has 2 aliphatic carbocycles. The Hall–Kier alpha value is -2.73. The number of fused-ring (bicyclic) bond motifs is 2. The molecule has 0 unspecified atom stereocenters. The summed E-state index contributed by atoms with van der Waals surface area (Å²) in [6.45, 7) is 0.673. The Bertz CT molecular complexity index is 1450. The predicted octanol–water partition coefficient (Wildman–Crippen LogP) is 4.79. The fraction of sp³-hybridized carbons (Fsp3) is 0.536. The van der Waals surface area contributed by atoms with Crippen molar-refractivity contribution in [1.82, 2.24) is 19.4 Å². The monoisotopic (exact) mass is 576 g/mol. The van der Waals surface area contributed by atoms with Gasteiger partial charge in [-0.1, -0.05) is 11.6 Å². The number of halogens is 4. The first kappa shape index (κ1) is 27.4. The topological polar surface area (TPSA) is 113 Å². The molecule has 0 amide bonds. The third-order valence-electron chi connectivity index (χ3n) is 9.01. The highest BCUT2D eigenvalue weighted by molar-refractivity contribution is 6.31. The number of nitrogen functional groups attached to an aromatic ring is 1. The van der Waals surface area contributed by atoms with Crippen molar-refractivity contribution in [3.05, 3.63) is 46.9 Å². The lowest BCUT2D eigenvalue weighted by molar-refractivity contribution is -0.137. The number of nitrogens with two attached hydrogens (primary N) is 1. The largest absolute Gasteiger partial charge is 0.417 e. The molecule has 0 spiro atoms. The van der Waals surface area contributed by atoms with Gasteiger partial charge in [-0.25, -0.2) is 9.97 Å². The molecule has 0 bridgehead atoms. The number of nitrogens with zero attached hydrogens (tertiary/aromatic N) is 5. The highest BCUT2D eigenvalue weighted by Crippen LogP contribution is 2.43. The number of hydrogen-bond acceptors (Lipinski definition) is 7. The molecule has 214 valence electrons. The maximum Gasteiger partial charge on any atom is 0.417 e. The van der Waals surface area contributed by atoms with Crippen LogP contribution in [0.15, 0.2) is 35.7 Å². The second-order valence-electron chi connectivity index (χ2n) is 11.5. The number of anilines is 1. The van der Waals surface area contributed by atoms with E-state index >= 15 is 0 Å². The summed E-state index contributed by atoms with van der Waals surface area (Å²) in [6, 6.07) is 4.38. The van der Waals surface area contributed by atoms with Crippen LogP contribution in [0.3, 0.4) is 0 Å². The fourth-order valence-electron chi connectivity index (χ4n) is 6.64. The number of benzene rings is 1. The second-order valence-corrected chi connectivity index (χ2v) is 12.0. The van der Waals surface area contributed by atoms with E-state index in [0.717, 1.165) is 42.8 Å². The molecule has 12 heteroatoms. The summed E-state index contributed by atoms with van der Waals surface area (Å²) in [5.74, 6) is 0.828. The van der Waals surface area contributed by atoms with Gasteiger partial charge >= 0.3 is 6.18 Å². The molecular formula is C28H32ClF3N6O2. The lowest BCUT2D eigenvalue weighted by atomic mass is 9.76. The van der Waals surface area contributed by atoms with Crippen LogP contribution in [0.2, 0.25) is 5.02 Å². The zero-order valence-corrected chi connectivity index (χ0v) is 22.8. The molecule has 8 nitrogen and oxygen atoms in total. The van der Waals surface area contributed by atoms with Gasteiger partial charge in [-0.2, -0.15) is 13.2 Å². The maximum atomic E-state index is 13.2. The molecule has 2 fully saturated rings. The van der Waals surface area contributed by atoms with Crippen LogP contribution >= 0.6 is 11.6 Å². The van der Waals surface area contributed by atoms with E-state index in [-0.39, 0.29) is 17.0 Å². The third kappa shape index (κ3) is 4.97. The molecule has 3 aliphatic rings. The van der Waals surface area contributed by atoms with E-state index in [4.69, 9.17) is 17.3 Å². The van der Waals surface area contributed by atoms with E-state index in [1.807, 2.05) is 16.8 Å². The summed E-state index contributed by atoms with van der Waals surface area (Å²) in [4.78, 5) is 15.2. The first-order valence-electron chi connectivity index (χ1n) is 13.6. The molecular weight excluding hydrogens is 545 g/mol. The van der Waals surface area contributed by atoms with Crippen LogP contribution in [0.25, 0.3) is 11.0 Å². The molecule has 2 saturated carbocycles. The van der Waals surface area contributed by atoms with Crippen LogP contribution in [-0.2, 0) is 12.6 Å². The standard InChI is InChI=1S/C28H32ClF3N6O2/c1-37(12-16-10-23(25(40)24(16)39)38-5-4-19-26(33)34-13-35-27(19)38)18-6-14(7-18)2-3-17-8-15-9-20(28(30,31)32)21(29)11-22(15)36-17/h4-5,9,11,13-14,16,18,23-25,39-40H,2-3,6-8,10,12H2,1H3,(H2,33,34,35)/t14?,16-,18?,23-,24-,25+/m1/s1. The van der Waals surface area contributed by atoms with Gasteiger partial charge in [0.15, 0.2) is 0 Å². The first-order valence-corrected chi connectivity index (χ1v) is 14.0. The van der Waals surface area contributed by atoms with E-state index < -0.39 is 23.9 Å². The van der Waals surface area contributed by atoms with Gasteiger partial charge in [0.1, 0.15) is 23.9 Å². The molecule has 0 saturated heterocycles. The zero-order chi connectivity index (χ0) is 28.3. The number of hydrogen-bond donors (Lipinski definition) is 3. The molecule has 40 heavy (non-hydrogen) atoms. The normalized spacial score (nSPS) is 28.2. The van der Waals surface area contributed by atoms with Gasteiger partial charge in [0.25, 0.3) is 0 Å². The number of aliphatic imine (C=N–C) groups is 1. The Labute approximate surface area is 234 Å².